The van der Waals surface area contributed by atoms with Gasteiger partial charge in [0.25, 0.3) is 5.91 Å². The molecule has 0 aliphatic carbocycles. The van der Waals surface area contributed by atoms with Crippen molar-refractivity contribution in [3.05, 3.63) is 50.4 Å². The Hall–Kier alpha value is -1.38. The van der Waals surface area contributed by atoms with Crippen LogP contribution in [0.4, 0.5) is 0 Å². The number of hydrogen-bond donors (Lipinski definition) is 1. The maximum Gasteiger partial charge on any atom is 0.255 e. The lowest BCUT2D eigenvalue weighted by molar-refractivity contribution is -0.124. The summed E-state index contributed by atoms with van der Waals surface area (Å²) in [5.41, 5.74) is 1.58. The second-order valence-electron chi connectivity index (χ2n) is 5.70. The second-order valence-corrected chi connectivity index (χ2v) is 8.68. The lowest BCUT2D eigenvalue weighted by Gasteiger charge is -2.23. The van der Waals surface area contributed by atoms with E-state index in [4.69, 9.17) is 0 Å². The average Bonchev–Trinajstić information content (AvgIpc) is 3.23. The van der Waals surface area contributed by atoms with Crippen LogP contribution in [0.5, 0.6) is 0 Å². The molecular weight excluding hydrogens is 422 g/mol. The molecule has 2 aromatic rings. The lowest BCUT2D eigenvalue weighted by Crippen LogP contribution is -2.47. The summed E-state index contributed by atoms with van der Waals surface area (Å²) in [7, 11) is 0. The van der Waals surface area contributed by atoms with Gasteiger partial charge >= 0.3 is 0 Å². The number of hydrogen-bond acceptors (Lipinski definition) is 5. The Morgan fingerprint density at radius 1 is 1.44 bits per heavy atom. The molecule has 0 spiro atoms. The standard InChI is InChI=1S/C17H18BrN3O2S2/c1-11-20-14(8-25-11)5-6-19-16(22)15-9-24-10-21(15)17(23)12-3-2-4-13(18)7-12/h2-4,7-8,15H,5-6,9-10H2,1H3,(H,19,22)/t15-/m1/s1. The van der Waals surface area contributed by atoms with Crippen LogP contribution in [-0.2, 0) is 11.2 Å². The number of aryl methyl sites for hydroxylation is 1. The van der Waals surface area contributed by atoms with E-state index < -0.39 is 6.04 Å². The fraction of sp³-hybridized carbons (Fsp3) is 0.353. The maximum atomic E-state index is 12.7. The minimum atomic E-state index is -0.423. The first-order valence-electron chi connectivity index (χ1n) is 7.87. The van der Waals surface area contributed by atoms with E-state index in [9.17, 15) is 9.59 Å². The smallest absolute Gasteiger partial charge is 0.255 e. The summed E-state index contributed by atoms with van der Waals surface area (Å²) in [6.45, 7) is 2.50. The van der Waals surface area contributed by atoms with E-state index in [0.717, 1.165) is 15.2 Å². The van der Waals surface area contributed by atoms with E-state index in [1.807, 2.05) is 24.4 Å². The van der Waals surface area contributed by atoms with Crippen LogP contribution < -0.4 is 5.32 Å². The van der Waals surface area contributed by atoms with Crippen LogP contribution in [0.25, 0.3) is 0 Å². The highest BCUT2D eigenvalue weighted by Crippen LogP contribution is 2.24. The molecule has 0 radical (unpaired) electrons. The van der Waals surface area contributed by atoms with Gasteiger partial charge in [-0.3, -0.25) is 9.59 Å². The third kappa shape index (κ3) is 4.62. The number of thioether (sulfide) groups is 1. The number of halogens is 1. The molecule has 5 nitrogen and oxygen atoms in total. The van der Waals surface area contributed by atoms with Crippen molar-refractivity contribution in [1.29, 1.82) is 0 Å². The molecule has 0 unspecified atom stereocenters. The Labute approximate surface area is 163 Å². The van der Waals surface area contributed by atoms with Crippen molar-refractivity contribution < 1.29 is 9.59 Å². The molecule has 1 saturated heterocycles. The molecule has 1 aliphatic rings. The van der Waals surface area contributed by atoms with Gasteiger partial charge in [-0.1, -0.05) is 22.0 Å². The van der Waals surface area contributed by atoms with E-state index >= 15 is 0 Å². The van der Waals surface area contributed by atoms with Crippen molar-refractivity contribution in [3.8, 4) is 0 Å². The van der Waals surface area contributed by atoms with Crippen molar-refractivity contribution in [2.75, 3.05) is 18.2 Å². The predicted octanol–water partition coefficient (Wildman–Crippen LogP) is 3.09. The van der Waals surface area contributed by atoms with Crippen LogP contribution in [-0.4, -0.2) is 45.9 Å². The number of aromatic nitrogens is 1. The van der Waals surface area contributed by atoms with Crippen molar-refractivity contribution in [2.24, 2.45) is 0 Å². The largest absolute Gasteiger partial charge is 0.354 e. The maximum absolute atomic E-state index is 12.7. The Balaban J connectivity index is 1.58. The number of rotatable bonds is 5. The fourth-order valence-electron chi connectivity index (χ4n) is 2.60. The SMILES string of the molecule is Cc1nc(CCNC(=O)[C@H]2CSCN2C(=O)c2cccc(Br)c2)cs1. The summed E-state index contributed by atoms with van der Waals surface area (Å²) in [6, 6.07) is 6.83. The lowest BCUT2D eigenvalue weighted by atomic mass is 10.1. The molecule has 0 saturated carbocycles. The van der Waals surface area contributed by atoms with Gasteiger partial charge in [0.05, 0.1) is 16.6 Å². The number of thiazole rings is 1. The van der Waals surface area contributed by atoms with E-state index in [-0.39, 0.29) is 11.8 Å². The Morgan fingerprint density at radius 2 is 2.28 bits per heavy atom. The molecule has 1 aromatic heterocycles. The van der Waals surface area contributed by atoms with Crippen molar-refractivity contribution in [2.45, 2.75) is 19.4 Å². The molecule has 1 fully saturated rings. The molecule has 1 aliphatic heterocycles. The van der Waals surface area contributed by atoms with Gasteiger partial charge in [-0.15, -0.1) is 23.1 Å². The molecule has 1 N–H and O–H groups in total. The topological polar surface area (TPSA) is 62.3 Å². The van der Waals surface area contributed by atoms with Gasteiger partial charge in [-0.05, 0) is 25.1 Å². The zero-order valence-corrected chi connectivity index (χ0v) is 16.9. The van der Waals surface area contributed by atoms with E-state index in [1.54, 1.807) is 40.1 Å². The molecular formula is C17H18BrN3O2S2. The van der Waals surface area contributed by atoms with Crippen LogP contribution in [0, 0.1) is 6.92 Å². The summed E-state index contributed by atoms with van der Waals surface area (Å²) < 4.78 is 0.852. The summed E-state index contributed by atoms with van der Waals surface area (Å²) in [6.07, 6.45) is 0.704. The van der Waals surface area contributed by atoms with Crippen LogP contribution in [0.2, 0.25) is 0 Å². The van der Waals surface area contributed by atoms with E-state index in [0.29, 0.717) is 30.2 Å². The first-order valence-corrected chi connectivity index (χ1v) is 10.7. The quantitative estimate of drug-likeness (QED) is 0.777. The van der Waals surface area contributed by atoms with Crippen LogP contribution >= 0.6 is 39.0 Å². The number of nitrogens with zero attached hydrogens (tertiary/aromatic N) is 2. The molecule has 1 aromatic carbocycles. The van der Waals surface area contributed by atoms with Gasteiger partial charge in [0.1, 0.15) is 6.04 Å². The van der Waals surface area contributed by atoms with E-state index in [1.165, 1.54) is 0 Å². The van der Waals surface area contributed by atoms with E-state index in [2.05, 4.69) is 26.2 Å². The molecule has 2 heterocycles. The van der Waals surface area contributed by atoms with Gasteiger partial charge in [-0.25, -0.2) is 4.98 Å². The number of amides is 2. The summed E-state index contributed by atoms with van der Waals surface area (Å²) in [5, 5.41) is 5.98. The average molecular weight is 440 g/mol. The highest BCUT2D eigenvalue weighted by Gasteiger charge is 2.34. The summed E-state index contributed by atoms with van der Waals surface area (Å²) in [5.74, 6) is 0.956. The van der Waals surface area contributed by atoms with Gasteiger partial charge in [0.15, 0.2) is 0 Å². The van der Waals surface area contributed by atoms with Crippen molar-refractivity contribution >= 4 is 50.8 Å². The normalized spacial score (nSPS) is 16.9. The van der Waals surface area contributed by atoms with Crippen LogP contribution in [0.1, 0.15) is 21.1 Å². The first-order chi connectivity index (χ1) is 12.0. The minimum Gasteiger partial charge on any atom is -0.354 e. The zero-order chi connectivity index (χ0) is 17.8. The third-order valence-electron chi connectivity index (χ3n) is 3.86. The number of carbonyl (C=O) groups excluding carboxylic acids is 2. The Bertz CT molecular complexity index is 781. The monoisotopic (exact) mass is 439 g/mol. The van der Waals surface area contributed by atoms with Gasteiger partial charge in [0, 0.05) is 34.1 Å². The molecule has 25 heavy (non-hydrogen) atoms. The minimum absolute atomic E-state index is 0.0969. The third-order valence-corrected chi connectivity index (χ3v) is 6.19. The number of carbonyl (C=O) groups is 2. The van der Waals surface area contributed by atoms with Gasteiger partial charge < -0.3 is 10.2 Å². The van der Waals surface area contributed by atoms with Crippen LogP contribution in [0.15, 0.2) is 34.1 Å². The van der Waals surface area contributed by atoms with Crippen molar-refractivity contribution in [3.63, 3.8) is 0 Å². The molecule has 1 atom stereocenters. The predicted molar refractivity (Wildman–Crippen MR) is 105 cm³/mol. The highest BCUT2D eigenvalue weighted by molar-refractivity contribution is 9.10. The molecule has 8 heteroatoms. The van der Waals surface area contributed by atoms with Gasteiger partial charge in [-0.2, -0.15) is 0 Å². The molecule has 0 bridgehead atoms. The number of benzene rings is 1. The molecule has 2 amide bonds. The summed E-state index contributed by atoms with van der Waals surface area (Å²) in [4.78, 5) is 31.3. The molecule has 3 rings (SSSR count). The summed E-state index contributed by atoms with van der Waals surface area (Å²) >= 11 is 6.59. The fourth-order valence-corrected chi connectivity index (χ4v) is 4.80. The van der Waals surface area contributed by atoms with Crippen LogP contribution in [0.3, 0.4) is 0 Å². The Morgan fingerprint density at radius 3 is 3.00 bits per heavy atom. The first kappa shape index (κ1) is 18.4. The molecule has 132 valence electrons. The van der Waals surface area contributed by atoms with Gasteiger partial charge in [0.2, 0.25) is 5.91 Å². The second kappa shape index (κ2) is 8.33. The number of nitrogens with one attached hydrogen (secondary N) is 1. The highest BCUT2D eigenvalue weighted by atomic mass is 79.9. The Kier molecular flexibility index (Phi) is 6.14. The van der Waals surface area contributed by atoms with Crippen molar-refractivity contribution in [1.82, 2.24) is 15.2 Å². The zero-order valence-electron chi connectivity index (χ0n) is 13.7.